The van der Waals surface area contributed by atoms with Crippen LogP contribution in [0.5, 0.6) is 0 Å². The van der Waals surface area contributed by atoms with Gasteiger partial charge < -0.3 is 0 Å². The second-order valence-electron chi connectivity index (χ2n) is 1.82. The van der Waals surface area contributed by atoms with Crippen molar-refractivity contribution in [2.45, 2.75) is 0 Å². The molecule has 1 heterocycles. The molecule has 0 radical (unpaired) electrons. The van der Waals surface area contributed by atoms with Gasteiger partial charge in [0, 0.05) is 26.6 Å². The number of hydrogen-bond acceptors (Lipinski definition) is 4. The van der Waals surface area contributed by atoms with Gasteiger partial charge in [0.25, 0.3) is 0 Å². The van der Waals surface area contributed by atoms with Gasteiger partial charge in [-0.05, 0) is 9.72 Å². The van der Waals surface area contributed by atoms with Gasteiger partial charge >= 0.3 is 0 Å². The molecule has 0 N–H and O–H groups in total. The monoisotopic (exact) mass is 206 g/mol. The molecule has 11 heavy (non-hydrogen) atoms. The second-order valence-corrected chi connectivity index (χ2v) is 6.91. The lowest BCUT2D eigenvalue weighted by Gasteiger charge is -2.01. The molecule has 5 heteroatoms. The fourth-order valence-corrected chi connectivity index (χ4v) is 5.58. The molecule has 62 valence electrons. The summed E-state index contributed by atoms with van der Waals surface area (Å²) in [5.74, 6) is 0.977. The van der Waals surface area contributed by atoms with Gasteiger partial charge in [0.15, 0.2) is 0 Å². The highest BCUT2D eigenvalue weighted by atomic mass is 33.5. The summed E-state index contributed by atoms with van der Waals surface area (Å²) in [5, 5.41) is 0. The quantitative estimate of drug-likeness (QED) is 0.399. The highest BCUT2D eigenvalue weighted by Gasteiger charge is 2.13. The van der Waals surface area contributed by atoms with Gasteiger partial charge in [-0.25, -0.2) is 0 Å². The molecule has 1 aliphatic heterocycles. The number of nitrogens with zero attached hydrogens (tertiary/aromatic N) is 2. The van der Waals surface area contributed by atoms with E-state index in [1.807, 2.05) is 16.6 Å². The van der Waals surface area contributed by atoms with E-state index in [2.05, 4.69) is 17.6 Å². The van der Waals surface area contributed by atoms with Crippen molar-refractivity contribution in [1.82, 2.24) is 4.41 Å². The molecule has 0 spiro atoms. The molecule has 0 saturated heterocycles. The summed E-state index contributed by atoms with van der Waals surface area (Å²) >= 11 is 0. The molecule has 0 aromatic heterocycles. The molecule has 1 atom stereocenters. The minimum atomic E-state index is 0.106. The van der Waals surface area contributed by atoms with E-state index >= 15 is 0 Å². The van der Waals surface area contributed by atoms with E-state index in [4.69, 9.17) is 0 Å². The summed E-state index contributed by atoms with van der Waals surface area (Å²) in [7, 11) is 3.60. The van der Waals surface area contributed by atoms with Crippen LogP contribution in [0.4, 0.5) is 0 Å². The molecular weight excluding hydrogens is 196 g/mol. The highest BCUT2D eigenvalue weighted by Crippen LogP contribution is 2.38. The van der Waals surface area contributed by atoms with Crippen molar-refractivity contribution in [2.24, 2.45) is 4.47 Å². The summed E-state index contributed by atoms with van der Waals surface area (Å²) in [5.41, 5.74) is 0. The Balaban J connectivity index is 2.39. The lowest BCUT2D eigenvalue weighted by atomic mass is 10.7. The molecule has 0 aromatic rings. The van der Waals surface area contributed by atoms with Gasteiger partial charge in [-0.1, -0.05) is 12.2 Å². The topological polar surface area (TPSA) is 15.6 Å². The van der Waals surface area contributed by atoms with Crippen molar-refractivity contribution in [1.29, 1.82) is 0 Å². The van der Waals surface area contributed by atoms with Crippen LogP contribution >= 0.6 is 20.8 Å². The van der Waals surface area contributed by atoms with Crippen LogP contribution in [0.2, 0.25) is 0 Å². The van der Waals surface area contributed by atoms with Crippen LogP contribution in [0, 0.1) is 0 Å². The average Bonchev–Trinajstić information content (AvgIpc) is 2.38. The predicted octanol–water partition coefficient (Wildman–Crippen LogP) is 2.60. The first-order chi connectivity index (χ1) is 5.36. The summed E-state index contributed by atoms with van der Waals surface area (Å²) < 4.78 is 6.37. The SMILES string of the molecule is C=CCN1N=S(CC=C)SS1. The molecule has 0 aliphatic carbocycles. The van der Waals surface area contributed by atoms with E-state index in [0.29, 0.717) is 0 Å². The minimum absolute atomic E-state index is 0.106. The minimum Gasteiger partial charge on any atom is -0.153 e. The third kappa shape index (κ3) is 3.02. The zero-order valence-electron chi connectivity index (χ0n) is 6.10. The van der Waals surface area contributed by atoms with Gasteiger partial charge in [-0.3, -0.25) is 0 Å². The molecule has 0 amide bonds. The van der Waals surface area contributed by atoms with E-state index in [-0.39, 0.29) is 9.72 Å². The van der Waals surface area contributed by atoms with E-state index in [1.54, 1.807) is 20.8 Å². The maximum absolute atomic E-state index is 4.41. The molecule has 0 aromatic carbocycles. The van der Waals surface area contributed by atoms with Crippen LogP contribution in [0.1, 0.15) is 0 Å². The number of rotatable bonds is 4. The fourth-order valence-electron chi connectivity index (χ4n) is 0.535. The Morgan fingerprint density at radius 2 is 2.27 bits per heavy atom. The van der Waals surface area contributed by atoms with Crippen molar-refractivity contribution >= 4 is 30.5 Å². The van der Waals surface area contributed by atoms with Crippen molar-refractivity contribution in [3.63, 3.8) is 0 Å². The number of hydrogen-bond donors (Lipinski definition) is 0. The summed E-state index contributed by atoms with van der Waals surface area (Å²) in [6.07, 6.45) is 3.77. The maximum atomic E-state index is 4.41. The molecular formula is C6H10N2S3. The normalized spacial score (nSPS) is 24.5. The van der Waals surface area contributed by atoms with Crippen molar-refractivity contribution in [2.75, 3.05) is 12.3 Å². The van der Waals surface area contributed by atoms with Crippen LogP contribution < -0.4 is 0 Å². The standard InChI is InChI=1S/C6H10N2S3/c1-3-5-8-7-11(6-4-2)10-9-8/h3-4H,1-2,5-6H2. The highest BCUT2D eigenvalue weighted by molar-refractivity contribution is 9.06. The molecule has 0 saturated carbocycles. The summed E-state index contributed by atoms with van der Waals surface area (Å²) in [6.45, 7) is 8.17. The Kier molecular flexibility index (Phi) is 4.29. The third-order valence-electron chi connectivity index (χ3n) is 0.923. The molecule has 0 bridgehead atoms. The van der Waals surface area contributed by atoms with Gasteiger partial charge in [0.2, 0.25) is 0 Å². The van der Waals surface area contributed by atoms with Crippen LogP contribution in [-0.4, -0.2) is 16.7 Å². The van der Waals surface area contributed by atoms with Gasteiger partial charge in [-0.2, -0.15) is 4.47 Å². The fraction of sp³-hybridized carbons (Fsp3) is 0.333. The molecule has 1 aliphatic rings. The zero-order valence-corrected chi connectivity index (χ0v) is 8.55. The third-order valence-corrected chi connectivity index (χ3v) is 6.29. The van der Waals surface area contributed by atoms with E-state index in [9.17, 15) is 0 Å². The Bertz CT molecular complexity index is 190. The maximum Gasteiger partial charge on any atom is 0.0510 e. The van der Waals surface area contributed by atoms with Gasteiger partial charge in [-0.15, -0.1) is 17.6 Å². The van der Waals surface area contributed by atoms with E-state index in [1.165, 1.54) is 0 Å². The van der Waals surface area contributed by atoms with Crippen LogP contribution in [0.15, 0.2) is 29.8 Å². The average molecular weight is 206 g/mol. The largest absolute Gasteiger partial charge is 0.153 e. The molecule has 0 fully saturated rings. The van der Waals surface area contributed by atoms with Crippen LogP contribution in [0.3, 0.4) is 0 Å². The smallest absolute Gasteiger partial charge is 0.0510 e. The van der Waals surface area contributed by atoms with E-state index in [0.717, 1.165) is 12.3 Å². The Hall–Kier alpha value is 0.290. The van der Waals surface area contributed by atoms with Crippen molar-refractivity contribution in [3.8, 4) is 0 Å². The first kappa shape index (κ1) is 9.38. The van der Waals surface area contributed by atoms with Gasteiger partial charge in [0.1, 0.15) is 0 Å². The lowest BCUT2D eigenvalue weighted by molar-refractivity contribution is 0.579. The van der Waals surface area contributed by atoms with E-state index < -0.39 is 0 Å². The van der Waals surface area contributed by atoms with Crippen LogP contribution in [-0.2, 0) is 9.72 Å². The Labute approximate surface area is 77.1 Å². The Morgan fingerprint density at radius 1 is 1.45 bits per heavy atom. The zero-order chi connectivity index (χ0) is 8.10. The predicted molar refractivity (Wildman–Crippen MR) is 56.9 cm³/mol. The van der Waals surface area contributed by atoms with Crippen LogP contribution in [0.25, 0.3) is 0 Å². The molecule has 1 rings (SSSR count). The summed E-state index contributed by atoms with van der Waals surface area (Å²) in [4.78, 5) is 0. The Morgan fingerprint density at radius 3 is 2.91 bits per heavy atom. The van der Waals surface area contributed by atoms with Gasteiger partial charge in [0.05, 0.1) is 6.54 Å². The summed E-state index contributed by atoms with van der Waals surface area (Å²) in [6, 6.07) is 0. The second kappa shape index (κ2) is 5.03. The van der Waals surface area contributed by atoms with Crippen molar-refractivity contribution in [3.05, 3.63) is 25.3 Å². The first-order valence-electron chi connectivity index (χ1n) is 3.14. The van der Waals surface area contributed by atoms with Crippen molar-refractivity contribution < 1.29 is 0 Å². The molecule has 2 nitrogen and oxygen atoms in total. The first-order valence-corrected chi connectivity index (χ1v) is 7.11. The lowest BCUT2D eigenvalue weighted by Crippen LogP contribution is -2.02. The molecule has 1 unspecified atom stereocenters.